The molecule has 2 N–H and O–H groups in total. The molecule has 0 aromatic heterocycles. The van der Waals surface area contributed by atoms with E-state index in [4.69, 9.17) is 5.11 Å². The number of hydrogen-bond donors (Lipinski definition) is 2. The first-order valence-corrected chi connectivity index (χ1v) is 8.84. The Morgan fingerprint density at radius 1 is 0.885 bits per heavy atom. The van der Waals surface area contributed by atoms with Crippen LogP contribution in [0.15, 0.2) is 45.3 Å². The third-order valence-corrected chi connectivity index (χ3v) is 4.74. The van der Waals surface area contributed by atoms with Crippen LogP contribution in [0.5, 0.6) is 0 Å². The lowest BCUT2D eigenvalue weighted by molar-refractivity contribution is -0.115. The molecular formula is C17H10Br2N2O5. The number of fused-ring (bicyclic) bond motifs is 2. The average molecular weight is 482 g/mol. The van der Waals surface area contributed by atoms with Crippen LogP contribution >= 0.6 is 31.9 Å². The first kappa shape index (κ1) is 18.4. The van der Waals surface area contributed by atoms with E-state index in [9.17, 15) is 19.2 Å². The molecule has 9 heteroatoms. The van der Waals surface area contributed by atoms with E-state index in [0.717, 1.165) is 13.8 Å². The Balaban J connectivity index is 0.000000152. The van der Waals surface area contributed by atoms with Crippen molar-refractivity contribution in [1.29, 1.82) is 0 Å². The molecule has 2 amide bonds. The number of Topliss-reactive ketones (excluding diaryl/α,β-unsaturated/α-hetero) is 2. The first-order valence-electron chi connectivity index (χ1n) is 7.25. The van der Waals surface area contributed by atoms with E-state index in [1.54, 1.807) is 36.4 Å². The van der Waals surface area contributed by atoms with Crippen LogP contribution in [-0.4, -0.2) is 35.2 Å². The standard InChI is InChI=1S/C9H6BrNO3.C8H4BrNO2/c10-5-1-2-7-6(3-5)8(13)9(14)11(7)4-12;9-4-1-2-6-5(3-4)7(11)8(12)10-6/h1-3,12H,4H2;1-3H,(H,10,11,12). The average Bonchev–Trinajstić information content (AvgIpc) is 3.03. The Morgan fingerprint density at radius 2 is 1.50 bits per heavy atom. The van der Waals surface area contributed by atoms with Gasteiger partial charge in [-0.25, -0.2) is 0 Å². The van der Waals surface area contributed by atoms with E-state index in [1.807, 2.05) is 0 Å². The topological polar surface area (TPSA) is 104 Å². The molecule has 0 unspecified atom stereocenters. The number of amides is 2. The van der Waals surface area contributed by atoms with E-state index in [-0.39, 0.29) is 0 Å². The van der Waals surface area contributed by atoms with Gasteiger partial charge in [0.25, 0.3) is 17.5 Å². The minimum atomic E-state index is -0.680. The fraction of sp³-hybridized carbons (Fsp3) is 0.0588. The largest absolute Gasteiger partial charge is 0.376 e. The number of carbonyl (C=O) groups excluding carboxylic acids is 4. The van der Waals surface area contributed by atoms with Crippen LogP contribution in [0.1, 0.15) is 20.7 Å². The number of aliphatic hydroxyl groups excluding tert-OH is 1. The second-order valence-corrected chi connectivity index (χ2v) is 7.17. The van der Waals surface area contributed by atoms with Crippen molar-refractivity contribution in [2.45, 2.75) is 0 Å². The van der Waals surface area contributed by atoms with Crippen LogP contribution in [0.4, 0.5) is 11.4 Å². The molecule has 0 radical (unpaired) electrons. The van der Waals surface area contributed by atoms with Gasteiger partial charge in [-0.1, -0.05) is 31.9 Å². The zero-order valence-corrected chi connectivity index (χ0v) is 16.1. The highest BCUT2D eigenvalue weighted by Gasteiger charge is 2.35. The molecule has 0 atom stereocenters. The van der Waals surface area contributed by atoms with Gasteiger partial charge >= 0.3 is 5.91 Å². The van der Waals surface area contributed by atoms with Crippen molar-refractivity contribution in [3.63, 3.8) is 0 Å². The normalized spacial score (nSPS) is 14.7. The summed E-state index contributed by atoms with van der Waals surface area (Å²) in [4.78, 5) is 45.7. The van der Waals surface area contributed by atoms with E-state index < -0.39 is 30.1 Å². The molecule has 0 fully saturated rings. The molecule has 2 aliphatic rings. The summed E-state index contributed by atoms with van der Waals surface area (Å²) in [5.41, 5.74) is 1.83. The molecule has 132 valence electrons. The quantitative estimate of drug-likeness (QED) is 0.609. The maximum absolute atomic E-state index is 11.4. The Labute approximate surface area is 164 Å². The number of ketones is 2. The molecule has 0 saturated heterocycles. The summed E-state index contributed by atoms with van der Waals surface area (Å²) in [6, 6.07) is 10.0. The van der Waals surface area contributed by atoms with Crippen molar-refractivity contribution in [3.8, 4) is 0 Å². The van der Waals surface area contributed by atoms with Gasteiger partial charge in [0.15, 0.2) is 0 Å². The summed E-state index contributed by atoms with van der Waals surface area (Å²) in [7, 11) is 0. The third-order valence-electron chi connectivity index (χ3n) is 3.76. The maximum atomic E-state index is 11.4. The molecule has 0 spiro atoms. The van der Waals surface area contributed by atoms with E-state index >= 15 is 0 Å². The lowest BCUT2D eigenvalue weighted by atomic mass is 10.1. The highest BCUT2D eigenvalue weighted by Crippen LogP contribution is 2.30. The Bertz CT molecular complexity index is 974. The van der Waals surface area contributed by atoms with Crippen LogP contribution in [0.2, 0.25) is 0 Å². The fourth-order valence-electron chi connectivity index (χ4n) is 2.53. The maximum Gasteiger partial charge on any atom is 0.301 e. The van der Waals surface area contributed by atoms with Crippen LogP contribution in [0, 0.1) is 0 Å². The van der Waals surface area contributed by atoms with E-state index in [0.29, 0.717) is 22.5 Å². The van der Waals surface area contributed by atoms with Crippen molar-refractivity contribution in [1.82, 2.24) is 0 Å². The van der Waals surface area contributed by atoms with Gasteiger partial charge in [0.2, 0.25) is 0 Å². The highest BCUT2D eigenvalue weighted by molar-refractivity contribution is 9.10. The third kappa shape index (κ3) is 3.20. The van der Waals surface area contributed by atoms with Crippen molar-refractivity contribution in [3.05, 3.63) is 56.5 Å². The van der Waals surface area contributed by atoms with Crippen molar-refractivity contribution in [2.24, 2.45) is 0 Å². The second-order valence-electron chi connectivity index (χ2n) is 5.34. The number of aliphatic hydroxyl groups is 1. The first-order chi connectivity index (χ1) is 12.3. The SMILES string of the molecule is O=C1C(=O)N(CO)c2ccc(Br)cc21.O=C1Nc2ccc(Br)cc2C1=O. The lowest BCUT2D eigenvalue weighted by Gasteiger charge is -2.11. The zero-order valence-electron chi connectivity index (χ0n) is 13.0. The summed E-state index contributed by atoms with van der Waals surface area (Å²) in [6.07, 6.45) is 0. The molecular weight excluding hydrogens is 472 g/mol. The van der Waals surface area contributed by atoms with Crippen LogP contribution in [0.25, 0.3) is 0 Å². The predicted octanol–water partition coefficient (Wildman–Crippen LogP) is 2.51. The highest BCUT2D eigenvalue weighted by atomic mass is 79.9. The van der Waals surface area contributed by atoms with Gasteiger partial charge in [0.05, 0.1) is 22.5 Å². The van der Waals surface area contributed by atoms with Crippen LogP contribution in [-0.2, 0) is 9.59 Å². The summed E-state index contributed by atoms with van der Waals surface area (Å²) < 4.78 is 1.53. The number of rotatable bonds is 1. The monoisotopic (exact) mass is 480 g/mol. The molecule has 2 aliphatic heterocycles. The number of carbonyl (C=O) groups is 4. The summed E-state index contributed by atoms with van der Waals surface area (Å²) in [5.74, 6) is -2.27. The fourth-order valence-corrected chi connectivity index (χ4v) is 3.25. The van der Waals surface area contributed by atoms with E-state index in [1.165, 1.54) is 0 Å². The molecule has 2 aromatic carbocycles. The molecule has 4 rings (SSSR count). The summed E-state index contributed by atoms with van der Waals surface area (Å²) >= 11 is 6.43. The molecule has 0 saturated carbocycles. The lowest BCUT2D eigenvalue weighted by Crippen LogP contribution is -2.30. The van der Waals surface area contributed by atoms with Gasteiger partial charge < -0.3 is 10.4 Å². The van der Waals surface area contributed by atoms with Crippen molar-refractivity contribution < 1.29 is 24.3 Å². The van der Waals surface area contributed by atoms with Crippen LogP contribution < -0.4 is 10.2 Å². The molecule has 0 aliphatic carbocycles. The Morgan fingerprint density at radius 3 is 2.15 bits per heavy atom. The number of nitrogens with zero attached hydrogens (tertiary/aromatic N) is 1. The Kier molecular flexibility index (Phi) is 5.03. The second kappa shape index (κ2) is 7.10. The summed E-state index contributed by atoms with van der Waals surface area (Å²) in [6.45, 7) is -0.473. The number of hydrogen-bond acceptors (Lipinski definition) is 5. The minimum Gasteiger partial charge on any atom is -0.376 e. The van der Waals surface area contributed by atoms with Gasteiger partial charge in [-0.3, -0.25) is 24.1 Å². The van der Waals surface area contributed by atoms with Gasteiger partial charge in [-0.2, -0.15) is 0 Å². The van der Waals surface area contributed by atoms with Crippen LogP contribution in [0.3, 0.4) is 0 Å². The molecule has 2 heterocycles. The number of halogens is 2. The Hall–Kier alpha value is -2.36. The van der Waals surface area contributed by atoms with Gasteiger partial charge in [-0.05, 0) is 36.4 Å². The molecule has 7 nitrogen and oxygen atoms in total. The number of anilines is 2. The number of nitrogens with one attached hydrogen (secondary N) is 1. The number of benzene rings is 2. The zero-order chi connectivity index (χ0) is 19.0. The predicted molar refractivity (Wildman–Crippen MR) is 100 cm³/mol. The molecule has 26 heavy (non-hydrogen) atoms. The van der Waals surface area contributed by atoms with E-state index in [2.05, 4.69) is 37.2 Å². The smallest absolute Gasteiger partial charge is 0.301 e. The summed E-state index contributed by atoms with van der Waals surface area (Å²) in [5, 5.41) is 11.4. The van der Waals surface area contributed by atoms with Gasteiger partial charge in [-0.15, -0.1) is 0 Å². The van der Waals surface area contributed by atoms with Gasteiger partial charge in [0.1, 0.15) is 6.73 Å². The molecule has 2 aromatic rings. The van der Waals surface area contributed by atoms with Crippen molar-refractivity contribution >= 4 is 66.6 Å². The van der Waals surface area contributed by atoms with Crippen molar-refractivity contribution in [2.75, 3.05) is 16.9 Å². The van der Waals surface area contributed by atoms with Gasteiger partial charge in [0, 0.05) is 8.95 Å². The molecule has 0 bridgehead atoms. The minimum absolute atomic E-state index is 0.332.